The van der Waals surface area contributed by atoms with Crippen LogP contribution in [0.4, 0.5) is 10.8 Å². The maximum absolute atomic E-state index is 12.3. The van der Waals surface area contributed by atoms with E-state index < -0.39 is 0 Å². The summed E-state index contributed by atoms with van der Waals surface area (Å²) >= 11 is 1.51. The van der Waals surface area contributed by atoms with Crippen molar-refractivity contribution < 1.29 is 4.79 Å². The highest BCUT2D eigenvalue weighted by molar-refractivity contribution is 7.15. The summed E-state index contributed by atoms with van der Waals surface area (Å²) in [4.78, 5) is 19.7. The molecular weight excluding hydrogens is 318 g/mol. The Morgan fingerprint density at radius 1 is 1.08 bits per heavy atom. The molecule has 1 N–H and O–H groups in total. The Labute approximate surface area is 145 Å². The van der Waals surface area contributed by atoms with Crippen molar-refractivity contribution in [2.45, 2.75) is 6.42 Å². The molecule has 0 aliphatic rings. The lowest BCUT2D eigenvalue weighted by atomic mass is 10.1. The number of hydrogen-bond donors (Lipinski definition) is 1. The lowest BCUT2D eigenvalue weighted by Crippen LogP contribution is -2.12. The Hall–Kier alpha value is -2.66. The molecular formula is C19H19N3OS. The zero-order valence-corrected chi connectivity index (χ0v) is 14.5. The number of nitrogens with zero attached hydrogens (tertiary/aromatic N) is 2. The van der Waals surface area contributed by atoms with Crippen molar-refractivity contribution in [3.05, 3.63) is 76.8 Å². The third-order valence-electron chi connectivity index (χ3n) is 3.64. The molecule has 0 spiro atoms. The van der Waals surface area contributed by atoms with E-state index in [1.54, 1.807) is 0 Å². The minimum atomic E-state index is -0.138. The highest BCUT2D eigenvalue weighted by Crippen LogP contribution is 2.22. The van der Waals surface area contributed by atoms with Gasteiger partial charge in [0.05, 0.1) is 0 Å². The summed E-state index contributed by atoms with van der Waals surface area (Å²) < 4.78 is 0. The molecule has 0 saturated carbocycles. The lowest BCUT2D eigenvalue weighted by molar-refractivity contribution is 0.102. The van der Waals surface area contributed by atoms with Crippen molar-refractivity contribution in [3.63, 3.8) is 0 Å². The first-order valence-electron chi connectivity index (χ1n) is 7.69. The molecule has 0 bridgehead atoms. The van der Waals surface area contributed by atoms with Gasteiger partial charge in [0, 0.05) is 42.8 Å². The van der Waals surface area contributed by atoms with E-state index in [9.17, 15) is 4.79 Å². The number of hydrogen-bond acceptors (Lipinski definition) is 4. The molecule has 4 nitrogen and oxygen atoms in total. The average Bonchev–Trinajstić information content (AvgIpc) is 3.02. The van der Waals surface area contributed by atoms with Crippen LogP contribution in [0.5, 0.6) is 0 Å². The Morgan fingerprint density at radius 2 is 1.79 bits per heavy atom. The number of anilines is 2. The quantitative estimate of drug-likeness (QED) is 0.764. The molecule has 0 fully saturated rings. The number of nitrogens with one attached hydrogen (secondary N) is 1. The second-order valence-corrected chi connectivity index (χ2v) is 6.80. The van der Waals surface area contributed by atoms with Crippen molar-refractivity contribution >= 4 is 28.1 Å². The third kappa shape index (κ3) is 4.00. The summed E-state index contributed by atoms with van der Waals surface area (Å²) in [5, 5.41) is 3.50. The molecule has 122 valence electrons. The van der Waals surface area contributed by atoms with Crippen LogP contribution >= 0.6 is 11.3 Å². The fourth-order valence-electron chi connectivity index (χ4n) is 2.32. The molecule has 3 rings (SSSR count). The second-order valence-electron chi connectivity index (χ2n) is 5.69. The highest BCUT2D eigenvalue weighted by atomic mass is 32.1. The van der Waals surface area contributed by atoms with Crippen molar-refractivity contribution in [1.29, 1.82) is 0 Å². The Morgan fingerprint density at radius 3 is 2.46 bits per heavy atom. The fraction of sp³-hybridized carbons (Fsp3) is 0.158. The van der Waals surface area contributed by atoms with Crippen molar-refractivity contribution in [2.75, 3.05) is 24.3 Å². The van der Waals surface area contributed by atoms with Gasteiger partial charge in [-0.1, -0.05) is 30.3 Å². The van der Waals surface area contributed by atoms with Gasteiger partial charge in [-0.3, -0.25) is 10.1 Å². The third-order valence-corrected chi connectivity index (χ3v) is 4.55. The van der Waals surface area contributed by atoms with Gasteiger partial charge in [0.1, 0.15) is 0 Å². The summed E-state index contributed by atoms with van der Waals surface area (Å²) in [5.74, 6) is -0.138. The molecule has 0 atom stereocenters. The van der Waals surface area contributed by atoms with Crippen LogP contribution in [0.25, 0.3) is 0 Å². The van der Waals surface area contributed by atoms with Gasteiger partial charge in [-0.2, -0.15) is 0 Å². The molecule has 3 aromatic rings. The summed E-state index contributed by atoms with van der Waals surface area (Å²) in [7, 11) is 3.94. The number of rotatable bonds is 5. The Kier molecular flexibility index (Phi) is 4.91. The molecule has 1 aromatic heterocycles. The average molecular weight is 337 g/mol. The molecule has 1 amide bonds. The van der Waals surface area contributed by atoms with Crippen LogP contribution in [0.15, 0.2) is 60.8 Å². The number of amides is 1. The van der Waals surface area contributed by atoms with E-state index in [0.717, 1.165) is 17.0 Å². The normalized spacial score (nSPS) is 10.4. The highest BCUT2D eigenvalue weighted by Gasteiger charge is 2.10. The van der Waals surface area contributed by atoms with E-state index in [4.69, 9.17) is 0 Å². The summed E-state index contributed by atoms with van der Waals surface area (Å²) in [6, 6.07) is 17.7. The minimum absolute atomic E-state index is 0.138. The van der Waals surface area contributed by atoms with Gasteiger partial charge < -0.3 is 4.90 Å². The maximum Gasteiger partial charge on any atom is 0.257 e. The molecule has 0 saturated heterocycles. The standard InChI is InChI=1S/C19H19N3OS/c1-22(2)16-10-8-15(9-11-16)18(23)21-19-20-13-17(24-19)12-14-6-4-3-5-7-14/h3-11,13H,12H2,1-2H3,(H,20,21,23). The zero-order chi connectivity index (χ0) is 16.9. The Balaban J connectivity index is 1.64. The van der Waals surface area contributed by atoms with Gasteiger partial charge in [0.2, 0.25) is 0 Å². The van der Waals surface area contributed by atoms with Crippen molar-refractivity contribution in [2.24, 2.45) is 0 Å². The maximum atomic E-state index is 12.3. The number of aromatic nitrogens is 1. The molecule has 0 unspecified atom stereocenters. The molecule has 24 heavy (non-hydrogen) atoms. The van der Waals surface area contributed by atoms with Crippen LogP contribution < -0.4 is 10.2 Å². The second kappa shape index (κ2) is 7.27. The van der Waals surface area contributed by atoms with E-state index in [2.05, 4.69) is 22.4 Å². The molecule has 0 aliphatic heterocycles. The van der Waals surface area contributed by atoms with Gasteiger partial charge >= 0.3 is 0 Å². The van der Waals surface area contributed by atoms with Crippen LogP contribution in [-0.4, -0.2) is 25.0 Å². The van der Waals surface area contributed by atoms with E-state index in [-0.39, 0.29) is 5.91 Å². The zero-order valence-electron chi connectivity index (χ0n) is 13.7. The van der Waals surface area contributed by atoms with Crippen LogP contribution in [0, 0.1) is 0 Å². The van der Waals surface area contributed by atoms with Crippen LogP contribution in [-0.2, 0) is 6.42 Å². The topological polar surface area (TPSA) is 45.2 Å². The molecule has 0 radical (unpaired) electrons. The van der Waals surface area contributed by atoms with Crippen LogP contribution in [0.3, 0.4) is 0 Å². The predicted molar refractivity (Wildman–Crippen MR) is 100 cm³/mol. The van der Waals surface area contributed by atoms with Crippen LogP contribution in [0.1, 0.15) is 20.8 Å². The number of thiazole rings is 1. The van der Waals surface area contributed by atoms with Crippen LogP contribution in [0.2, 0.25) is 0 Å². The number of carbonyl (C=O) groups is 1. The van der Waals surface area contributed by atoms with Crippen molar-refractivity contribution in [3.8, 4) is 0 Å². The van der Waals surface area contributed by atoms with E-state index >= 15 is 0 Å². The first-order chi connectivity index (χ1) is 11.6. The largest absolute Gasteiger partial charge is 0.378 e. The smallest absolute Gasteiger partial charge is 0.257 e. The van der Waals surface area contributed by atoms with E-state index in [0.29, 0.717) is 10.7 Å². The lowest BCUT2D eigenvalue weighted by Gasteiger charge is -2.12. The van der Waals surface area contributed by atoms with E-state index in [1.807, 2.05) is 67.7 Å². The summed E-state index contributed by atoms with van der Waals surface area (Å²) in [6.07, 6.45) is 2.65. The van der Waals surface area contributed by atoms with Gasteiger partial charge in [0.25, 0.3) is 5.91 Å². The molecule has 0 aliphatic carbocycles. The van der Waals surface area contributed by atoms with Gasteiger partial charge in [-0.15, -0.1) is 11.3 Å². The SMILES string of the molecule is CN(C)c1ccc(C(=O)Nc2ncc(Cc3ccccc3)s2)cc1. The van der Waals surface area contributed by atoms with Gasteiger partial charge in [-0.25, -0.2) is 4.98 Å². The first kappa shape index (κ1) is 16.2. The predicted octanol–water partition coefficient (Wildman–Crippen LogP) is 4.05. The van der Waals surface area contributed by atoms with Crippen molar-refractivity contribution in [1.82, 2.24) is 4.98 Å². The number of carbonyl (C=O) groups excluding carboxylic acids is 1. The minimum Gasteiger partial charge on any atom is -0.378 e. The first-order valence-corrected chi connectivity index (χ1v) is 8.51. The monoisotopic (exact) mass is 337 g/mol. The van der Waals surface area contributed by atoms with E-state index in [1.165, 1.54) is 16.9 Å². The number of benzene rings is 2. The van der Waals surface area contributed by atoms with Gasteiger partial charge in [0.15, 0.2) is 5.13 Å². The Bertz CT molecular complexity index is 810. The summed E-state index contributed by atoms with van der Waals surface area (Å²) in [6.45, 7) is 0. The van der Waals surface area contributed by atoms with Gasteiger partial charge in [-0.05, 0) is 29.8 Å². The fourth-order valence-corrected chi connectivity index (χ4v) is 3.17. The molecule has 2 aromatic carbocycles. The summed E-state index contributed by atoms with van der Waals surface area (Å²) in [5.41, 5.74) is 2.92. The molecule has 5 heteroatoms. The molecule has 1 heterocycles.